The molecule has 0 aromatic heterocycles. The monoisotopic (exact) mass is 294 g/mol. The van der Waals surface area contributed by atoms with Gasteiger partial charge in [0, 0.05) is 13.1 Å². The van der Waals surface area contributed by atoms with Crippen molar-refractivity contribution in [3.63, 3.8) is 0 Å². The summed E-state index contributed by atoms with van der Waals surface area (Å²) < 4.78 is 26.5. The van der Waals surface area contributed by atoms with Crippen LogP contribution in [0.15, 0.2) is 23.1 Å². The number of aryl methyl sites for hydroxylation is 1. The zero-order valence-corrected chi connectivity index (χ0v) is 12.4. The molecule has 2 rings (SSSR count). The minimum absolute atomic E-state index is 0.0713. The normalized spacial score (nSPS) is 24.3. The Bertz CT molecular complexity index is 649. The van der Waals surface area contributed by atoms with Gasteiger partial charge in [0.1, 0.15) is 0 Å². The smallest absolute Gasteiger partial charge is 0.243 e. The highest BCUT2D eigenvalue weighted by Crippen LogP contribution is 2.25. The van der Waals surface area contributed by atoms with Crippen LogP contribution in [0.4, 0.5) is 0 Å². The van der Waals surface area contributed by atoms with Crippen molar-refractivity contribution < 1.29 is 13.5 Å². The molecule has 0 amide bonds. The highest BCUT2D eigenvalue weighted by molar-refractivity contribution is 7.89. The Hall–Kier alpha value is -1.42. The molecule has 1 aliphatic heterocycles. The number of benzene rings is 1. The van der Waals surface area contributed by atoms with Crippen LogP contribution >= 0.6 is 0 Å². The van der Waals surface area contributed by atoms with E-state index in [0.29, 0.717) is 30.6 Å². The van der Waals surface area contributed by atoms with Gasteiger partial charge in [-0.2, -0.15) is 9.57 Å². The standard InChI is InChI=1S/C14H18N2O3S/c1-10-7-13(4-3-12(10)8-15)20(18,19)16-6-5-14(17)11(2)9-16/h3-4,7,11,14,17H,5-6,9H2,1-2H3. The van der Waals surface area contributed by atoms with Crippen LogP contribution in [0.2, 0.25) is 0 Å². The zero-order valence-electron chi connectivity index (χ0n) is 11.6. The predicted molar refractivity (Wildman–Crippen MR) is 74.4 cm³/mol. The summed E-state index contributed by atoms with van der Waals surface area (Å²) in [5.41, 5.74) is 1.13. The summed E-state index contributed by atoms with van der Waals surface area (Å²) in [5.74, 6) is -0.0713. The molecular weight excluding hydrogens is 276 g/mol. The van der Waals surface area contributed by atoms with Crippen LogP contribution in [0.25, 0.3) is 0 Å². The second kappa shape index (κ2) is 5.52. The van der Waals surface area contributed by atoms with E-state index < -0.39 is 16.1 Å². The number of aliphatic hydroxyl groups excluding tert-OH is 1. The summed E-state index contributed by atoms with van der Waals surface area (Å²) in [6.07, 6.45) is 0.0134. The maximum Gasteiger partial charge on any atom is 0.243 e. The topological polar surface area (TPSA) is 81.4 Å². The fourth-order valence-corrected chi connectivity index (χ4v) is 4.03. The van der Waals surface area contributed by atoms with Gasteiger partial charge in [-0.05, 0) is 43.0 Å². The number of sulfonamides is 1. The zero-order chi connectivity index (χ0) is 14.9. The van der Waals surface area contributed by atoms with Crippen molar-refractivity contribution in [3.8, 4) is 6.07 Å². The van der Waals surface area contributed by atoms with E-state index in [1.165, 1.54) is 22.5 Å². The molecule has 0 spiro atoms. The van der Waals surface area contributed by atoms with Crippen molar-refractivity contribution in [1.29, 1.82) is 5.26 Å². The number of piperidine rings is 1. The Morgan fingerprint density at radius 2 is 2.15 bits per heavy atom. The van der Waals surface area contributed by atoms with E-state index in [0.717, 1.165) is 0 Å². The van der Waals surface area contributed by atoms with E-state index in [1.807, 2.05) is 13.0 Å². The maximum atomic E-state index is 12.6. The Morgan fingerprint density at radius 1 is 1.45 bits per heavy atom. The predicted octanol–water partition coefficient (Wildman–Crippen LogP) is 1.26. The van der Waals surface area contributed by atoms with Gasteiger partial charge < -0.3 is 5.11 Å². The fourth-order valence-electron chi connectivity index (χ4n) is 2.38. The maximum absolute atomic E-state index is 12.6. The van der Waals surface area contributed by atoms with Gasteiger partial charge in [0.05, 0.1) is 22.6 Å². The average molecular weight is 294 g/mol. The summed E-state index contributed by atoms with van der Waals surface area (Å²) >= 11 is 0. The third kappa shape index (κ3) is 2.70. The van der Waals surface area contributed by atoms with E-state index >= 15 is 0 Å². The molecule has 0 radical (unpaired) electrons. The first-order valence-electron chi connectivity index (χ1n) is 6.55. The molecular formula is C14H18N2O3S. The van der Waals surface area contributed by atoms with Gasteiger partial charge in [-0.25, -0.2) is 8.42 Å². The SMILES string of the molecule is Cc1cc(S(=O)(=O)N2CCC(O)C(C)C2)ccc1C#N. The molecule has 0 aliphatic carbocycles. The first kappa shape index (κ1) is 15.0. The van der Waals surface area contributed by atoms with E-state index in [-0.39, 0.29) is 10.8 Å². The molecule has 1 aromatic carbocycles. The largest absolute Gasteiger partial charge is 0.393 e. The van der Waals surface area contributed by atoms with E-state index in [1.54, 1.807) is 6.92 Å². The number of hydrogen-bond donors (Lipinski definition) is 1. The summed E-state index contributed by atoms with van der Waals surface area (Å²) in [4.78, 5) is 0.206. The molecule has 0 bridgehead atoms. The molecule has 1 aromatic rings. The second-order valence-corrected chi connectivity index (χ2v) is 7.22. The van der Waals surface area contributed by atoms with Crippen molar-refractivity contribution in [2.24, 2.45) is 5.92 Å². The van der Waals surface area contributed by atoms with Crippen molar-refractivity contribution in [2.75, 3.05) is 13.1 Å². The summed E-state index contributed by atoms with van der Waals surface area (Å²) in [7, 11) is -3.55. The molecule has 0 saturated carbocycles. The minimum Gasteiger partial charge on any atom is -0.393 e. The van der Waals surface area contributed by atoms with E-state index in [2.05, 4.69) is 0 Å². The van der Waals surface area contributed by atoms with Gasteiger partial charge >= 0.3 is 0 Å². The van der Waals surface area contributed by atoms with Crippen LogP contribution < -0.4 is 0 Å². The van der Waals surface area contributed by atoms with Crippen LogP contribution in [-0.4, -0.2) is 37.0 Å². The van der Waals surface area contributed by atoms with Crippen molar-refractivity contribution >= 4 is 10.0 Å². The Balaban J connectivity index is 2.31. The molecule has 1 heterocycles. The fraction of sp³-hybridized carbons (Fsp3) is 0.500. The van der Waals surface area contributed by atoms with Gasteiger partial charge in [0.15, 0.2) is 0 Å². The first-order chi connectivity index (χ1) is 9.36. The first-order valence-corrected chi connectivity index (χ1v) is 7.99. The van der Waals surface area contributed by atoms with Gasteiger partial charge in [0.2, 0.25) is 10.0 Å². The van der Waals surface area contributed by atoms with Crippen LogP contribution in [-0.2, 0) is 10.0 Å². The number of aliphatic hydroxyl groups is 1. The number of nitrogens with zero attached hydrogens (tertiary/aromatic N) is 2. The van der Waals surface area contributed by atoms with Crippen molar-refractivity contribution in [1.82, 2.24) is 4.31 Å². The Morgan fingerprint density at radius 3 is 2.70 bits per heavy atom. The van der Waals surface area contributed by atoms with E-state index in [4.69, 9.17) is 5.26 Å². The van der Waals surface area contributed by atoms with Gasteiger partial charge in [-0.1, -0.05) is 6.92 Å². The highest BCUT2D eigenvalue weighted by atomic mass is 32.2. The third-order valence-electron chi connectivity index (χ3n) is 3.78. The lowest BCUT2D eigenvalue weighted by Crippen LogP contribution is -2.44. The molecule has 2 unspecified atom stereocenters. The Kier molecular flexibility index (Phi) is 4.14. The molecule has 1 fully saturated rings. The summed E-state index contributed by atoms with van der Waals surface area (Å²) in [6.45, 7) is 4.21. The second-order valence-electron chi connectivity index (χ2n) is 5.28. The lowest BCUT2D eigenvalue weighted by molar-refractivity contribution is 0.0628. The van der Waals surface area contributed by atoms with Crippen LogP contribution in [0, 0.1) is 24.2 Å². The molecule has 5 nitrogen and oxygen atoms in total. The molecule has 1 N–H and O–H groups in total. The third-order valence-corrected chi connectivity index (χ3v) is 5.64. The van der Waals surface area contributed by atoms with Crippen LogP contribution in [0.5, 0.6) is 0 Å². The quantitative estimate of drug-likeness (QED) is 0.890. The van der Waals surface area contributed by atoms with Crippen molar-refractivity contribution in [2.45, 2.75) is 31.3 Å². The average Bonchev–Trinajstić information content (AvgIpc) is 2.41. The van der Waals surface area contributed by atoms with Crippen LogP contribution in [0.1, 0.15) is 24.5 Å². The minimum atomic E-state index is -3.55. The molecule has 20 heavy (non-hydrogen) atoms. The van der Waals surface area contributed by atoms with Gasteiger partial charge in [-0.15, -0.1) is 0 Å². The highest BCUT2D eigenvalue weighted by Gasteiger charge is 2.32. The van der Waals surface area contributed by atoms with E-state index in [9.17, 15) is 13.5 Å². The number of nitriles is 1. The van der Waals surface area contributed by atoms with Gasteiger partial charge in [0.25, 0.3) is 0 Å². The molecule has 6 heteroatoms. The van der Waals surface area contributed by atoms with Gasteiger partial charge in [-0.3, -0.25) is 0 Å². The lowest BCUT2D eigenvalue weighted by Gasteiger charge is -2.33. The van der Waals surface area contributed by atoms with Crippen LogP contribution in [0.3, 0.4) is 0 Å². The molecule has 2 atom stereocenters. The van der Waals surface area contributed by atoms with Crippen molar-refractivity contribution in [3.05, 3.63) is 29.3 Å². The Labute approximate surface area is 119 Å². The molecule has 108 valence electrons. The molecule has 1 aliphatic rings. The molecule has 1 saturated heterocycles. The number of rotatable bonds is 2. The lowest BCUT2D eigenvalue weighted by atomic mass is 9.99. The summed E-state index contributed by atoms with van der Waals surface area (Å²) in [6, 6.07) is 6.56. The number of hydrogen-bond acceptors (Lipinski definition) is 4. The summed E-state index contributed by atoms with van der Waals surface area (Å²) in [5, 5.41) is 18.6.